The maximum Gasteiger partial charge on any atom is 0.164 e. The molecule has 0 aliphatic carbocycles. The largest absolute Gasteiger partial charge is 0.378 e. The van der Waals surface area contributed by atoms with Crippen LogP contribution in [0.15, 0.2) is 18.2 Å². The van der Waals surface area contributed by atoms with Crippen LogP contribution in [0.4, 0.5) is 0 Å². The quantitative estimate of drug-likeness (QED) is 0.744. The molecule has 4 heteroatoms. The summed E-state index contributed by atoms with van der Waals surface area (Å²) in [5, 5.41) is 0.987. The van der Waals surface area contributed by atoms with E-state index < -0.39 is 0 Å². The molecule has 1 fully saturated rings. The van der Waals surface area contributed by atoms with Gasteiger partial charge in [-0.2, -0.15) is 0 Å². The lowest BCUT2D eigenvalue weighted by molar-refractivity contribution is 0.0923. The molecule has 98 valence electrons. The van der Waals surface area contributed by atoms with E-state index in [-0.39, 0.29) is 5.78 Å². The van der Waals surface area contributed by atoms with Crippen LogP contribution < -0.4 is 0 Å². The highest BCUT2D eigenvalue weighted by atomic mass is 35.5. The molecule has 1 unspecified atom stereocenters. The van der Waals surface area contributed by atoms with Crippen LogP contribution >= 0.6 is 23.2 Å². The fraction of sp³-hybridized carbons (Fsp3) is 0.500. The van der Waals surface area contributed by atoms with Crippen LogP contribution in [-0.4, -0.2) is 18.5 Å². The molecule has 18 heavy (non-hydrogen) atoms. The molecule has 2 nitrogen and oxygen atoms in total. The summed E-state index contributed by atoms with van der Waals surface area (Å²) in [4.78, 5) is 12.0. The number of benzene rings is 1. The van der Waals surface area contributed by atoms with E-state index in [9.17, 15) is 4.79 Å². The van der Waals surface area contributed by atoms with Gasteiger partial charge in [-0.1, -0.05) is 23.2 Å². The lowest BCUT2D eigenvalue weighted by Crippen LogP contribution is -2.06. The molecular formula is C14H16Cl2O2. The van der Waals surface area contributed by atoms with Crippen LogP contribution in [0.3, 0.4) is 0 Å². The summed E-state index contributed by atoms with van der Waals surface area (Å²) in [7, 11) is 0. The Kier molecular flexibility index (Phi) is 5.04. The highest BCUT2D eigenvalue weighted by Gasteiger charge is 2.16. The fourth-order valence-corrected chi connectivity index (χ4v) is 2.73. The van der Waals surface area contributed by atoms with Crippen molar-refractivity contribution in [1.29, 1.82) is 0 Å². The number of ketones is 1. The number of Topliss-reactive ketones (excluding diaryl/α,β-unsaturated/α-hetero) is 1. The maximum atomic E-state index is 12.0. The molecule has 0 saturated carbocycles. The zero-order valence-electron chi connectivity index (χ0n) is 10.1. The number of halogens is 2. The molecular weight excluding hydrogens is 271 g/mol. The van der Waals surface area contributed by atoms with Crippen LogP contribution in [0.1, 0.15) is 42.5 Å². The molecule has 0 N–H and O–H groups in total. The zero-order valence-corrected chi connectivity index (χ0v) is 11.6. The molecule has 1 aliphatic heterocycles. The third-order valence-corrected chi connectivity index (χ3v) is 3.73. The average molecular weight is 287 g/mol. The summed E-state index contributed by atoms with van der Waals surface area (Å²) in [6, 6.07) is 5.00. The van der Waals surface area contributed by atoms with Crippen molar-refractivity contribution in [2.24, 2.45) is 0 Å². The minimum atomic E-state index is 0.0784. The third-order valence-electron chi connectivity index (χ3n) is 3.19. The molecule has 2 rings (SSSR count). The van der Waals surface area contributed by atoms with Gasteiger partial charge in [-0.05, 0) is 43.9 Å². The average Bonchev–Trinajstić information content (AvgIpc) is 2.81. The van der Waals surface area contributed by atoms with Crippen LogP contribution in [0, 0.1) is 0 Å². The number of hydrogen-bond donors (Lipinski definition) is 0. The highest BCUT2D eigenvalue weighted by Crippen LogP contribution is 2.24. The second-order valence-electron chi connectivity index (χ2n) is 4.57. The summed E-state index contributed by atoms with van der Waals surface area (Å²) < 4.78 is 5.53. The highest BCUT2D eigenvalue weighted by molar-refractivity contribution is 6.36. The van der Waals surface area contributed by atoms with Gasteiger partial charge in [0, 0.05) is 23.6 Å². The van der Waals surface area contributed by atoms with Crippen LogP contribution in [0.2, 0.25) is 10.0 Å². The molecule has 0 aromatic heterocycles. The first kappa shape index (κ1) is 13.9. The van der Waals surface area contributed by atoms with Crippen molar-refractivity contribution >= 4 is 29.0 Å². The van der Waals surface area contributed by atoms with Crippen LogP contribution in [0.5, 0.6) is 0 Å². The standard InChI is InChI=1S/C14H16Cl2O2/c15-10-6-7-12(13(16)9-10)14(17)5-1-3-11-4-2-8-18-11/h6-7,9,11H,1-5,8H2. The van der Waals surface area contributed by atoms with E-state index in [0.717, 1.165) is 32.3 Å². The number of rotatable bonds is 5. The lowest BCUT2D eigenvalue weighted by atomic mass is 10.0. The Morgan fingerprint density at radius 3 is 2.89 bits per heavy atom. The van der Waals surface area contributed by atoms with Gasteiger partial charge in [-0.25, -0.2) is 0 Å². The fourth-order valence-electron chi connectivity index (χ4n) is 2.21. The Hall–Kier alpha value is -0.570. The molecule has 1 aromatic rings. The minimum Gasteiger partial charge on any atom is -0.378 e. The first-order valence-electron chi connectivity index (χ1n) is 6.26. The van der Waals surface area contributed by atoms with Gasteiger partial charge in [0.25, 0.3) is 0 Å². The summed E-state index contributed by atoms with van der Waals surface area (Å²) in [6.45, 7) is 0.863. The van der Waals surface area contributed by atoms with E-state index in [4.69, 9.17) is 27.9 Å². The van der Waals surface area contributed by atoms with Crippen molar-refractivity contribution in [3.05, 3.63) is 33.8 Å². The van der Waals surface area contributed by atoms with E-state index in [1.807, 2.05) is 0 Å². The van der Waals surface area contributed by atoms with Gasteiger partial charge < -0.3 is 4.74 Å². The van der Waals surface area contributed by atoms with Crippen LogP contribution in [0.25, 0.3) is 0 Å². The summed E-state index contributed by atoms with van der Waals surface area (Å²) in [5.41, 5.74) is 0.563. The maximum absolute atomic E-state index is 12.0. The number of carbonyl (C=O) groups excluding carboxylic acids is 1. The third kappa shape index (κ3) is 3.71. The lowest BCUT2D eigenvalue weighted by Gasteiger charge is -2.08. The summed E-state index contributed by atoms with van der Waals surface area (Å²) in [6.07, 6.45) is 4.93. The molecule has 0 amide bonds. The molecule has 1 heterocycles. The molecule has 1 aromatic carbocycles. The molecule has 1 saturated heterocycles. The Balaban J connectivity index is 1.83. The van der Waals surface area contributed by atoms with Crippen molar-refractivity contribution in [2.75, 3.05) is 6.61 Å². The van der Waals surface area contributed by atoms with Crippen molar-refractivity contribution in [3.8, 4) is 0 Å². The van der Waals surface area contributed by atoms with Crippen molar-refractivity contribution in [2.45, 2.75) is 38.2 Å². The summed E-state index contributed by atoms with van der Waals surface area (Å²) in [5.74, 6) is 0.0784. The second-order valence-corrected chi connectivity index (χ2v) is 5.42. The van der Waals surface area contributed by atoms with Crippen molar-refractivity contribution in [3.63, 3.8) is 0 Å². The Labute approximate surface area is 117 Å². The number of hydrogen-bond acceptors (Lipinski definition) is 2. The predicted molar refractivity (Wildman–Crippen MR) is 73.6 cm³/mol. The van der Waals surface area contributed by atoms with Gasteiger partial charge in [-0.15, -0.1) is 0 Å². The van der Waals surface area contributed by atoms with Gasteiger partial charge in [0.15, 0.2) is 5.78 Å². The molecule has 0 bridgehead atoms. The van der Waals surface area contributed by atoms with E-state index in [1.165, 1.54) is 0 Å². The first-order chi connectivity index (χ1) is 8.66. The topological polar surface area (TPSA) is 26.3 Å². The smallest absolute Gasteiger partial charge is 0.164 e. The van der Waals surface area contributed by atoms with Gasteiger partial charge >= 0.3 is 0 Å². The summed E-state index contributed by atoms with van der Waals surface area (Å²) >= 11 is 11.8. The van der Waals surface area contributed by atoms with Gasteiger partial charge in [0.2, 0.25) is 0 Å². The van der Waals surface area contributed by atoms with Gasteiger partial charge in [-0.3, -0.25) is 4.79 Å². The van der Waals surface area contributed by atoms with Crippen molar-refractivity contribution in [1.82, 2.24) is 0 Å². The Morgan fingerprint density at radius 1 is 1.39 bits per heavy atom. The van der Waals surface area contributed by atoms with E-state index in [0.29, 0.717) is 28.1 Å². The normalized spacial score (nSPS) is 19.1. The Morgan fingerprint density at radius 2 is 2.22 bits per heavy atom. The molecule has 0 radical (unpaired) electrons. The van der Waals surface area contributed by atoms with E-state index in [1.54, 1.807) is 18.2 Å². The molecule has 1 atom stereocenters. The molecule has 0 spiro atoms. The van der Waals surface area contributed by atoms with Crippen molar-refractivity contribution < 1.29 is 9.53 Å². The first-order valence-corrected chi connectivity index (χ1v) is 7.02. The SMILES string of the molecule is O=C(CCCC1CCCO1)c1ccc(Cl)cc1Cl. The van der Waals surface area contributed by atoms with Gasteiger partial charge in [0.05, 0.1) is 11.1 Å². The number of ether oxygens (including phenoxy) is 1. The Bertz CT molecular complexity index is 426. The predicted octanol–water partition coefficient (Wildman–Crippen LogP) is 4.53. The van der Waals surface area contributed by atoms with Gasteiger partial charge in [0.1, 0.15) is 0 Å². The van der Waals surface area contributed by atoms with Crippen LogP contribution in [-0.2, 0) is 4.74 Å². The second kappa shape index (κ2) is 6.55. The van der Waals surface area contributed by atoms with E-state index >= 15 is 0 Å². The minimum absolute atomic E-state index is 0.0784. The zero-order chi connectivity index (χ0) is 13.0. The van der Waals surface area contributed by atoms with E-state index in [2.05, 4.69) is 0 Å². The number of carbonyl (C=O) groups is 1. The molecule has 1 aliphatic rings. The monoisotopic (exact) mass is 286 g/mol.